The molecule has 19 heavy (non-hydrogen) atoms. The van der Waals surface area contributed by atoms with Crippen LogP contribution in [-0.2, 0) is 11.0 Å². The van der Waals surface area contributed by atoms with Gasteiger partial charge in [0.25, 0.3) is 0 Å². The summed E-state index contributed by atoms with van der Waals surface area (Å²) in [7, 11) is 0. The van der Waals surface area contributed by atoms with E-state index in [0.29, 0.717) is 0 Å². The molecule has 0 aromatic heterocycles. The zero-order valence-corrected chi connectivity index (χ0v) is 10.2. The van der Waals surface area contributed by atoms with Crippen molar-refractivity contribution in [1.29, 1.82) is 0 Å². The molecule has 1 aromatic rings. The van der Waals surface area contributed by atoms with E-state index in [1.165, 1.54) is 25.1 Å². The number of ether oxygens (including phenoxy) is 1. The van der Waals surface area contributed by atoms with Gasteiger partial charge in [-0.25, -0.2) is 0 Å². The summed E-state index contributed by atoms with van der Waals surface area (Å²) in [6, 6.07) is 4.73. The molecule has 0 spiro atoms. The molecule has 1 aromatic carbocycles. The fourth-order valence-corrected chi connectivity index (χ4v) is 1.31. The molecule has 1 rings (SSSR count). The Morgan fingerprint density at radius 1 is 1.37 bits per heavy atom. The number of hydrogen-bond donors (Lipinski definition) is 2. The number of para-hydroxylation sites is 1. The van der Waals surface area contributed by atoms with Crippen LogP contribution in [-0.4, -0.2) is 23.2 Å². The first-order valence-electron chi connectivity index (χ1n) is 5.46. The maximum absolute atomic E-state index is 12.6. The highest BCUT2D eigenvalue weighted by molar-refractivity contribution is 5.77. The first kappa shape index (κ1) is 15.3. The van der Waals surface area contributed by atoms with Crippen molar-refractivity contribution in [3.63, 3.8) is 0 Å². The Morgan fingerprint density at radius 3 is 2.47 bits per heavy atom. The van der Waals surface area contributed by atoms with Crippen LogP contribution < -0.4 is 10.5 Å². The number of carboxylic acid groups (broad SMARTS) is 1. The molecular weight excluding hydrogens is 263 g/mol. The van der Waals surface area contributed by atoms with E-state index in [4.69, 9.17) is 15.6 Å². The van der Waals surface area contributed by atoms with E-state index >= 15 is 0 Å². The lowest BCUT2D eigenvalue weighted by molar-refractivity contribution is -0.143. The smallest absolute Gasteiger partial charge is 0.419 e. The van der Waals surface area contributed by atoms with Crippen LogP contribution in [0.15, 0.2) is 24.3 Å². The van der Waals surface area contributed by atoms with E-state index < -0.39 is 23.2 Å². The van der Waals surface area contributed by atoms with E-state index in [1.807, 2.05) is 0 Å². The average molecular weight is 277 g/mol. The second-order valence-electron chi connectivity index (χ2n) is 4.31. The van der Waals surface area contributed by atoms with Crippen LogP contribution in [0, 0.1) is 0 Å². The molecule has 0 bridgehead atoms. The van der Waals surface area contributed by atoms with Gasteiger partial charge in [0.2, 0.25) is 0 Å². The lowest BCUT2D eigenvalue weighted by atomic mass is 10.0. The molecule has 1 unspecified atom stereocenters. The summed E-state index contributed by atoms with van der Waals surface area (Å²) in [6.45, 7) is 1.06. The highest BCUT2D eigenvalue weighted by atomic mass is 19.4. The summed E-state index contributed by atoms with van der Waals surface area (Å²) < 4.78 is 42.9. The SMILES string of the molecule is CC(N)(CCOc1ccccc1C(F)(F)F)C(=O)O. The van der Waals surface area contributed by atoms with Crippen molar-refractivity contribution < 1.29 is 27.8 Å². The normalized spacial score (nSPS) is 14.8. The first-order valence-corrected chi connectivity index (χ1v) is 5.46. The second-order valence-corrected chi connectivity index (χ2v) is 4.31. The molecular formula is C12H14F3NO3. The molecule has 0 aliphatic heterocycles. The summed E-state index contributed by atoms with van der Waals surface area (Å²) in [5, 5.41) is 8.76. The van der Waals surface area contributed by atoms with E-state index in [9.17, 15) is 18.0 Å². The average Bonchev–Trinajstić information content (AvgIpc) is 2.27. The van der Waals surface area contributed by atoms with Gasteiger partial charge < -0.3 is 15.6 Å². The standard InChI is InChI=1S/C12H14F3NO3/c1-11(16,10(17)18)6-7-19-9-5-3-2-4-8(9)12(13,14)15/h2-5H,6-7,16H2,1H3,(H,17,18). The minimum Gasteiger partial charge on any atom is -0.493 e. The largest absolute Gasteiger partial charge is 0.493 e. The maximum Gasteiger partial charge on any atom is 0.419 e. The van der Waals surface area contributed by atoms with Crippen LogP contribution in [0.2, 0.25) is 0 Å². The molecule has 0 heterocycles. The monoisotopic (exact) mass is 277 g/mol. The molecule has 7 heteroatoms. The van der Waals surface area contributed by atoms with Gasteiger partial charge in [0.15, 0.2) is 0 Å². The fourth-order valence-electron chi connectivity index (χ4n) is 1.31. The van der Waals surface area contributed by atoms with Crippen molar-refractivity contribution in [3.05, 3.63) is 29.8 Å². The van der Waals surface area contributed by atoms with Gasteiger partial charge in [-0.3, -0.25) is 4.79 Å². The number of hydrogen-bond acceptors (Lipinski definition) is 3. The fraction of sp³-hybridized carbons (Fsp3) is 0.417. The summed E-state index contributed by atoms with van der Waals surface area (Å²) >= 11 is 0. The van der Waals surface area contributed by atoms with E-state index in [0.717, 1.165) is 6.07 Å². The number of alkyl halides is 3. The van der Waals surface area contributed by atoms with Crippen molar-refractivity contribution in [1.82, 2.24) is 0 Å². The second kappa shape index (κ2) is 5.48. The molecule has 1 atom stereocenters. The number of aliphatic carboxylic acids is 1. The van der Waals surface area contributed by atoms with E-state index in [1.54, 1.807) is 0 Å². The van der Waals surface area contributed by atoms with Gasteiger partial charge in [0.1, 0.15) is 11.3 Å². The highest BCUT2D eigenvalue weighted by Gasteiger charge is 2.34. The molecule has 0 amide bonds. The van der Waals surface area contributed by atoms with Gasteiger partial charge in [-0.15, -0.1) is 0 Å². The zero-order valence-electron chi connectivity index (χ0n) is 10.2. The number of carboxylic acids is 1. The van der Waals surface area contributed by atoms with Crippen molar-refractivity contribution in [2.45, 2.75) is 25.1 Å². The third-order valence-electron chi connectivity index (χ3n) is 2.56. The summed E-state index contributed by atoms with van der Waals surface area (Å²) in [5.41, 5.74) is 3.01. The zero-order chi connectivity index (χ0) is 14.7. The number of nitrogens with two attached hydrogens (primary N) is 1. The Hall–Kier alpha value is -1.76. The van der Waals surface area contributed by atoms with Gasteiger partial charge >= 0.3 is 12.1 Å². The van der Waals surface area contributed by atoms with Crippen molar-refractivity contribution in [2.24, 2.45) is 5.73 Å². The number of carbonyl (C=O) groups is 1. The molecule has 0 fully saturated rings. The summed E-state index contributed by atoms with van der Waals surface area (Å²) in [6.07, 6.45) is -4.62. The molecule has 0 saturated carbocycles. The predicted molar refractivity (Wildman–Crippen MR) is 61.8 cm³/mol. The lowest BCUT2D eigenvalue weighted by Gasteiger charge is -2.20. The lowest BCUT2D eigenvalue weighted by Crippen LogP contribution is -2.45. The Kier molecular flexibility index (Phi) is 4.41. The minimum absolute atomic E-state index is 0.103. The van der Waals surface area contributed by atoms with Gasteiger partial charge in [0, 0.05) is 6.42 Å². The topological polar surface area (TPSA) is 72.5 Å². The van der Waals surface area contributed by atoms with Crippen LogP contribution in [0.5, 0.6) is 5.75 Å². The van der Waals surface area contributed by atoms with Crippen LogP contribution in [0.3, 0.4) is 0 Å². The van der Waals surface area contributed by atoms with Crippen LogP contribution in [0.1, 0.15) is 18.9 Å². The molecule has 0 aliphatic carbocycles. The Balaban J connectivity index is 2.72. The number of benzene rings is 1. The Labute approximate surface area is 108 Å². The van der Waals surface area contributed by atoms with Gasteiger partial charge in [0.05, 0.1) is 12.2 Å². The maximum atomic E-state index is 12.6. The van der Waals surface area contributed by atoms with Gasteiger partial charge in [-0.2, -0.15) is 13.2 Å². The van der Waals surface area contributed by atoms with E-state index in [-0.39, 0.29) is 18.8 Å². The molecule has 0 radical (unpaired) electrons. The third kappa shape index (κ3) is 4.13. The van der Waals surface area contributed by atoms with Crippen molar-refractivity contribution in [3.8, 4) is 5.75 Å². The van der Waals surface area contributed by atoms with Gasteiger partial charge in [-0.05, 0) is 19.1 Å². The quantitative estimate of drug-likeness (QED) is 0.866. The summed E-state index contributed by atoms with van der Waals surface area (Å²) in [4.78, 5) is 10.7. The Morgan fingerprint density at radius 2 is 1.95 bits per heavy atom. The molecule has 106 valence electrons. The minimum atomic E-state index is -4.52. The third-order valence-corrected chi connectivity index (χ3v) is 2.56. The van der Waals surface area contributed by atoms with E-state index in [2.05, 4.69) is 0 Å². The van der Waals surface area contributed by atoms with Crippen LogP contribution in [0.25, 0.3) is 0 Å². The molecule has 0 aliphatic rings. The first-order chi connectivity index (χ1) is 8.64. The number of rotatable bonds is 5. The van der Waals surface area contributed by atoms with Crippen LogP contribution in [0.4, 0.5) is 13.2 Å². The highest BCUT2D eigenvalue weighted by Crippen LogP contribution is 2.35. The van der Waals surface area contributed by atoms with Gasteiger partial charge in [-0.1, -0.05) is 12.1 Å². The molecule has 3 N–H and O–H groups in total. The Bertz CT molecular complexity index is 458. The van der Waals surface area contributed by atoms with Crippen molar-refractivity contribution in [2.75, 3.05) is 6.61 Å². The summed E-state index contributed by atoms with van der Waals surface area (Å²) in [5.74, 6) is -1.57. The van der Waals surface area contributed by atoms with Crippen LogP contribution >= 0.6 is 0 Å². The molecule has 0 saturated heterocycles. The molecule has 4 nitrogen and oxygen atoms in total. The van der Waals surface area contributed by atoms with Crippen molar-refractivity contribution >= 4 is 5.97 Å². The predicted octanol–water partition coefficient (Wildman–Crippen LogP) is 2.28. The number of halogens is 3.